The lowest BCUT2D eigenvalue weighted by molar-refractivity contribution is 0.133. The highest BCUT2D eigenvalue weighted by atomic mass is 16.2. The summed E-state index contributed by atoms with van der Waals surface area (Å²) in [5.41, 5.74) is 1.59. The molecule has 0 unspecified atom stereocenters. The molecule has 5 rings (SSSR count). The van der Waals surface area contributed by atoms with Crippen LogP contribution < -0.4 is 15.8 Å². The molecule has 4 heterocycles. The standard InChI is InChI=1S/C25H31N7O2/c33-24-20-6-2-3-7-21(20)28-22(29-24)18-30-12-14-32(15-13-30)25(34)27-17-19-8-9-23(26-16-19)31-10-4-1-5-11-31/h2-3,6-9,16H,1,4-5,10-15,17-18H2,(H,27,34)(H,28,29,33). The molecule has 2 N–H and O–H groups in total. The van der Waals surface area contributed by atoms with Crippen molar-refractivity contribution in [3.63, 3.8) is 0 Å². The normalized spacial score (nSPS) is 17.2. The molecular weight excluding hydrogens is 430 g/mol. The Bertz CT molecular complexity index is 1180. The quantitative estimate of drug-likeness (QED) is 0.605. The molecule has 2 fully saturated rings. The molecule has 2 aliphatic rings. The third-order valence-electron chi connectivity index (χ3n) is 6.63. The number of pyridine rings is 1. The summed E-state index contributed by atoms with van der Waals surface area (Å²) >= 11 is 0. The Labute approximate surface area is 198 Å². The van der Waals surface area contributed by atoms with E-state index in [0.29, 0.717) is 42.9 Å². The number of urea groups is 1. The molecule has 9 nitrogen and oxygen atoms in total. The number of hydrogen-bond donors (Lipinski definition) is 2. The number of nitrogens with one attached hydrogen (secondary N) is 2. The minimum absolute atomic E-state index is 0.0583. The first kappa shape index (κ1) is 22.3. The average Bonchev–Trinajstić information content (AvgIpc) is 2.88. The minimum Gasteiger partial charge on any atom is -0.357 e. The molecule has 0 atom stereocenters. The number of hydrogen-bond acceptors (Lipinski definition) is 6. The molecule has 9 heteroatoms. The van der Waals surface area contributed by atoms with Crippen molar-refractivity contribution in [2.45, 2.75) is 32.4 Å². The number of fused-ring (bicyclic) bond motifs is 1. The van der Waals surface area contributed by atoms with Gasteiger partial charge in [-0.05, 0) is 43.0 Å². The van der Waals surface area contributed by atoms with Crippen LogP contribution in [0.3, 0.4) is 0 Å². The summed E-state index contributed by atoms with van der Waals surface area (Å²) in [5.74, 6) is 1.68. The number of rotatable bonds is 5. The number of amides is 2. The number of para-hydroxylation sites is 1. The van der Waals surface area contributed by atoms with E-state index in [1.54, 1.807) is 6.07 Å². The van der Waals surface area contributed by atoms with Gasteiger partial charge in [0.15, 0.2) is 0 Å². The molecule has 0 spiro atoms. The van der Waals surface area contributed by atoms with E-state index in [-0.39, 0.29) is 11.6 Å². The summed E-state index contributed by atoms with van der Waals surface area (Å²) in [6.45, 7) is 5.90. The van der Waals surface area contributed by atoms with E-state index in [1.807, 2.05) is 35.4 Å². The fraction of sp³-hybridized carbons (Fsp3) is 0.440. The number of piperidine rings is 1. The Kier molecular flexibility index (Phi) is 6.71. The Morgan fingerprint density at radius 3 is 2.53 bits per heavy atom. The first-order valence-corrected chi connectivity index (χ1v) is 12.1. The molecular formula is C25H31N7O2. The van der Waals surface area contributed by atoms with Crippen molar-refractivity contribution >= 4 is 22.8 Å². The van der Waals surface area contributed by atoms with Crippen molar-refractivity contribution in [2.24, 2.45) is 0 Å². The molecule has 2 amide bonds. The second-order valence-corrected chi connectivity index (χ2v) is 9.02. The zero-order chi connectivity index (χ0) is 23.3. The smallest absolute Gasteiger partial charge is 0.317 e. The summed E-state index contributed by atoms with van der Waals surface area (Å²) in [4.78, 5) is 43.4. The van der Waals surface area contributed by atoms with Crippen LogP contribution in [0.15, 0.2) is 47.4 Å². The largest absolute Gasteiger partial charge is 0.357 e. The molecule has 34 heavy (non-hydrogen) atoms. The van der Waals surface area contributed by atoms with E-state index in [1.165, 1.54) is 19.3 Å². The van der Waals surface area contributed by atoms with Gasteiger partial charge in [-0.15, -0.1) is 0 Å². The van der Waals surface area contributed by atoms with Gasteiger partial charge in [0.05, 0.1) is 17.4 Å². The van der Waals surface area contributed by atoms with E-state index < -0.39 is 0 Å². The number of anilines is 1. The highest BCUT2D eigenvalue weighted by Crippen LogP contribution is 2.17. The lowest BCUT2D eigenvalue weighted by atomic mass is 10.1. The molecule has 2 aliphatic heterocycles. The Balaban J connectivity index is 1.09. The Morgan fingerprint density at radius 1 is 0.971 bits per heavy atom. The van der Waals surface area contributed by atoms with Gasteiger partial charge in [0.2, 0.25) is 0 Å². The van der Waals surface area contributed by atoms with Crippen LogP contribution >= 0.6 is 0 Å². The van der Waals surface area contributed by atoms with E-state index in [9.17, 15) is 9.59 Å². The van der Waals surface area contributed by atoms with Gasteiger partial charge in [-0.25, -0.2) is 14.8 Å². The van der Waals surface area contributed by atoms with Gasteiger partial charge >= 0.3 is 6.03 Å². The van der Waals surface area contributed by atoms with Gasteiger partial charge in [-0.2, -0.15) is 0 Å². The first-order valence-electron chi connectivity index (χ1n) is 12.1. The number of benzene rings is 1. The maximum absolute atomic E-state index is 12.6. The number of aromatic amines is 1. The van der Waals surface area contributed by atoms with Crippen LogP contribution in [0.5, 0.6) is 0 Å². The Morgan fingerprint density at radius 2 is 1.76 bits per heavy atom. The van der Waals surface area contributed by atoms with Crippen LogP contribution in [0.2, 0.25) is 0 Å². The molecule has 1 aromatic carbocycles. The van der Waals surface area contributed by atoms with Crippen LogP contribution in [0, 0.1) is 0 Å². The number of carbonyl (C=O) groups is 1. The predicted octanol–water partition coefficient (Wildman–Crippen LogP) is 2.34. The van der Waals surface area contributed by atoms with E-state index >= 15 is 0 Å². The molecule has 0 radical (unpaired) electrons. The van der Waals surface area contributed by atoms with Crippen molar-refractivity contribution in [3.05, 3.63) is 64.3 Å². The van der Waals surface area contributed by atoms with Crippen molar-refractivity contribution in [1.82, 2.24) is 30.1 Å². The topological polar surface area (TPSA) is 97.5 Å². The minimum atomic E-state index is -0.114. The lowest BCUT2D eigenvalue weighted by Crippen LogP contribution is -2.51. The molecule has 178 valence electrons. The summed E-state index contributed by atoms with van der Waals surface area (Å²) in [6, 6.07) is 11.4. The Hall–Kier alpha value is -3.46. The molecule has 3 aromatic rings. The van der Waals surface area contributed by atoms with Crippen LogP contribution in [0.25, 0.3) is 10.9 Å². The number of nitrogens with zero attached hydrogens (tertiary/aromatic N) is 5. The van der Waals surface area contributed by atoms with Gasteiger partial charge in [-0.1, -0.05) is 18.2 Å². The molecule has 2 saturated heterocycles. The molecule has 0 saturated carbocycles. The highest BCUT2D eigenvalue weighted by Gasteiger charge is 2.22. The highest BCUT2D eigenvalue weighted by molar-refractivity contribution is 5.77. The maximum Gasteiger partial charge on any atom is 0.317 e. The van der Waals surface area contributed by atoms with Crippen LogP contribution in [0.4, 0.5) is 10.6 Å². The van der Waals surface area contributed by atoms with Crippen molar-refractivity contribution in [2.75, 3.05) is 44.2 Å². The van der Waals surface area contributed by atoms with Crippen LogP contribution in [-0.4, -0.2) is 70.1 Å². The summed E-state index contributed by atoms with van der Waals surface area (Å²) in [6.07, 6.45) is 5.61. The van der Waals surface area contributed by atoms with Gasteiger partial charge in [0.1, 0.15) is 11.6 Å². The van der Waals surface area contributed by atoms with Crippen LogP contribution in [-0.2, 0) is 13.1 Å². The number of aromatic nitrogens is 3. The summed E-state index contributed by atoms with van der Waals surface area (Å²) < 4.78 is 0. The zero-order valence-corrected chi connectivity index (χ0v) is 19.4. The van der Waals surface area contributed by atoms with Gasteiger partial charge < -0.3 is 20.1 Å². The second kappa shape index (κ2) is 10.2. The fourth-order valence-electron chi connectivity index (χ4n) is 4.65. The summed E-state index contributed by atoms with van der Waals surface area (Å²) in [5, 5.41) is 3.62. The number of piperazine rings is 1. The SMILES string of the molecule is O=C(NCc1ccc(N2CCCCC2)nc1)N1CCN(Cc2nc3ccccc3c(=O)[nH]2)CC1. The number of carbonyl (C=O) groups excluding carboxylic acids is 1. The second-order valence-electron chi connectivity index (χ2n) is 9.02. The predicted molar refractivity (Wildman–Crippen MR) is 132 cm³/mol. The van der Waals surface area contributed by atoms with Gasteiger partial charge in [-0.3, -0.25) is 9.69 Å². The first-order chi connectivity index (χ1) is 16.7. The summed E-state index contributed by atoms with van der Waals surface area (Å²) in [7, 11) is 0. The third kappa shape index (κ3) is 5.20. The van der Waals surface area contributed by atoms with Gasteiger partial charge in [0.25, 0.3) is 5.56 Å². The van der Waals surface area contributed by atoms with Crippen molar-refractivity contribution in [1.29, 1.82) is 0 Å². The monoisotopic (exact) mass is 461 g/mol. The van der Waals surface area contributed by atoms with Crippen LogP contribution in [0.1, 0.15) is 30.7 Å². The van der Waals surface area contributed by atoms with Crippen molar-refractivity contribution < 1.29 is 4.79 Å². The third-order valence-corrected chi connectivity index (χ3v) is 6.63. The zero-order valence-electron chi connectivity index (χ0n) is 19.4. The molecule has 2 aromatic heterocycles. The fourth-order valence-corrected chi connectivity index (χ4v) is 4.65. The van der Waals surface area contributed by atoms with Gasteiger partial charge in [0, 0.05) is 52.0 Å². The molecule has 0 bridgehead atoms. The van der Waals surface area contributed by atoms with Crippen molar-refractivity contribution in [3.8, 4) is 0 Å². The van der Waals surface area contributed by atoms with E-state index in [4.69, 9.17) is 0 Å². The average molecular weight is 462 g/mol. The number of H-pyrrole nitrogens is 1. The van der Waals surface area contributed by atoms with E-state index in [2.05, 4.69) is 36.1 Å². The lowest BCUT2D eigenvalue weighted by Gasteiger charge is -2.34. The molecule has 0 aliphatic carbocycles. The van der Waals surface area contributed by atoms with E-state index in [0.717, 1.165) is 37.6 Å². The maximum atomic E-state index is 12.6.